The Kier molecular flexibility index (Phi) is 5.62. The first-order chi connectivity index (χ1) is 15.7. The lowest BCUT2D eigenvalue weighted by Crippen LogP contribution is -2.33. The van der Waals surface area contributed by atoms with Crippen molar-refractivity contribution in [3.05, 3.63) is 66.1 Å². The molecule has 1 fully saturated rings. The molecular weight excluding hydrogens is 439 g/mol. The molecule has 2 aromatic heterocycles. The number of nitrogens with two attached hydrogens (primary N) is 1. The van der Waals surface area contributed by atoms with Gasteiger partial charge in [0.15, 0.2) is 0 Å². The molecule has 2 N–H and O–H groups in total. The van der Waals surface area contributed by atoms with Gasteiger partial charge in [0.05, 0.1) is 23.1 Å². The normalized spacial score (nSPS) is 14.2. The molecule has 0 unspecified atom stereocenters. The van der Waals surface area contributed by atoms with E-state index in [9.17, 15) is 22.8 Å². The number of anilines is 3. The van der Waals surface area contributed by atoms with E-state index in [1.165, 1.54) is 12.3 Å². The Morgan fingerprint density at radius 2 is 1.88 bits per heavy atom. The largest absolute Gasteiger partial charge is 0.457 e. The zero-order valence-electron chi connectivity index (χ0n) is 17.3. The zero-order chi connectivity index (χ0) is 23.8. The fourth-order valence-corrected chi connectivity index (χ4v) is 3.39. The van der Waals surface area contributed by atoms with Crippen molar-refractivity contribution in [1.82, 2.24) is 9.97 Å². The average molecular weight is 457 g/mol. The number of hydrogen-bond donors (Lipinski definition) is 1. The Labute approximate surface area is 186 Å². The molecule has 4 rings (SSSR count). The molecule has 0 bridgehead atoms. The Balaban J connectivity index is 1.61. The number of hydrogen-bond acceptors (Lipinski definition) is 6. The molecule has 1 aromatic carbocycles. The number of amides is 3. The number of carbonyl (C=O) groups is 2. The minimum Gasteiger partial charge on any atom is -0.457 e. The maximum atomic E-state index is 13.0. The van der Waals surface area contributed by atoms with Gasteiger partial charge in [-0.1, -0.05) is 6.92 Å². The van der Waals surface area contributed by atoms with Crippen LogP contribution in [0.1, 0.15) is 18.1 Å². The van der Waals surface area contributed by atoms with Gasteiger partial charge in [0.25, 0.3) is 5.91 Å². The number of aryl methyl sites for hydroxylation is 1. The van der Waals surface area contributed by atoms with E-state index in [1.807, 2.05) is 6.92 Å². The molecule has 11 heteroatoms. The highest BCUT2D eigenvalue weighted by atomic mass is 19.4. The summed E-state index contributed by atoms with van der Waals surface area (Å²) in [4.78, 5) is 34.9. The lowest BCUT2D eigenvalue weighted by Gasteiger charge is -2.19. The van der Waals surface area contributed by atoms with Crippen molar-refractivity contribution in [3.63, 3.8) is 0 Å². The van der Waals surface area contributed by atoms with Gasteiger partial charge in [-0.3, -0.25) is 14.7 Å². The Hall–Kier alpha value is -4.15. The van der Waals surface area contributed by atoms with E-state index >= 15 is 0 Å². The Bertz CT molecular complexity index is 1230. The minimum atomic E-state index is -4.62. The predicted octanol–water partition coefficient (Wildman–Crippen LogP) is 4.41. The number of urea groups is 1. The molecule has 33 heavy (non-hydrogen) atoms. The zero-order valence-corrected chi connectivity index (χ0v) is 17.3. The monoisotopic (exact) mass is 457 g/mol. The van der Waals surface area contributed by atoms with Crippen molar-refractivity contribution in [2.75, 3.05) is 22.1 Å². The number of benzene rings is 1. The fourth-order valence-electron chi connectivity index (χ4n) is 3.39. The molecular formula is C22H18F3N5O3. The molecule has 1 aliphatic rings. The highest BCUT2D eigenvalue weighted by Gasteiger charge is 2.39. The Morgan fingerprint density at radius 1 is 1.09 bits per heavy atom. The first-order valence-corrected chi connectivity index (χ1v) is 9.86. The second kappa shape index (κ2) is 8.41. The number of ether oxygens (including phenoxy) is 1. The maximum absolute atomic E-state index is 13.0. The van der Waals surface area contributed by atoms with Crippen LogP contribution in [0.15, 0.2) is 55.0 Å². The third kappa shape index (κ3) is 4.43. The van der Waals surface area contributed by atoms with Gasteiger partial charge in [-0.2, -0.15) is 13.2 Å². The van der Waals surface area contributed by atoms with E-state index in [1.54, 1.807) is 24.3 Å². The van der Waals surface area contributed by atoms with Crippen LogP contribution in [0.2, 0.25) is 0 Å². The third-order valence-electron chi connectivity index (χ3n) is 4.99. The molecule has 0 aliphatic carbocycles. The van der Waals surface area contributed by atoms with Gasteiger partial charge < -0.3 is 10.5 Å². The predicted molar refractivity (Wildman–Crippen MR) is 114 cm³/mol. The van der Waals surface area contributed by atoms with E-state index in [4.69, 9.17) is 10.5 Å². The van der Waals surface area contributed by atoms with Crippen LogP contribution in [0, 0.1) is 0 Å². The van der Waals surface area contributed by atoms with E-state index in [2.05, 4.69) is 9.97 Å². The summed E-state index contributed by atoms with van der Waals surface area (Å²) in [5.41, 5.74) is 5.54. The van der Waals surface area contributed by atoms with Crippen molar-refractivity contribution in [3.8, 4) is 11.5 Å². The summed E-state index contributed by atoms with van der Waals surface area (Å²) in [6, 6.07) is 7.99. The minimum absolute atomic E-state index is 0.114. The molecule has 0 spiro atoms. The van der Waals surface area contributed by atoms with E-state index in [0.717, 1.165) is 22.1 Å². The molecule has 1 saturated heterocycles. The summed E-state index contributed by atoms with van der Waals surface area (Å²) in [5, 5.41) is 0. The van der Waals surface area contributed by atoms with Crippen LogP contribution in [-0.4, -0.2) is 28.5 Å². The lowest BCUT2D eigenvalue weighted by molar-refractivity contribution is -0.137. The van der Waals surface area contributed by atoms with E-state index in [0.29, 0.717) is 35.5 Å². The summed E-state index contributed by atoms with van der Waals surface area (Å²) in [5.74, 6) is 0.695. The number of pyridine rings is 2. The molecule has 8 nitrogen and oxygen atoms in total. The van der Waals surface area contributed by atoms with Crippen LogP contribution in [0.5, 0.6) is 11.5 Å². The number of nitrogen functional groups attached to an aromatic ring is 1. The first-order valence-electron chi connectivity index (χ1n) is 9.86. The topological polar surface area (TPSA) is 102 Å². The number of halogens is 3. The van der Waals surface area contributed by atoms with Crippen LogP contribution in [0.25, 0.3) is 0 Å². The summed E-state index contributed by atoms with van der Waals surface area (Å²) in [6.45, 7) is 1.47. The molecule has 1 aliphatic heterocycles. The molecule has 0 radical (unpaired) electrons. The van der Waals surface area contributed by atoms with Gasteiger partial charge in [-0.05, 0) is 42.3 Å². The van der Waals surface area contributed by atoms with Crippen LogP contribution in [-0.2, 0) is 17.4 Å². The molecule has 3 heterocycles. The standard InChI is InChI=1S/C22H18F3N5O3/c1-2-13-7-15(3-4-18(13)33-17-5-6-28-19(26)9-17)30-20(31)12-29(21(30)32)16-8-14(10-27-11-16)22(23,24)25/h3-11H,2,12H2,1H3,(H2,26,28). The number of carbonyl (C=O) groups excluding carboxylic acids is 2. The van der Waals surface area contributed by atoms with Crippen molar-refractivity contribution < 1.29 is 27.5 Å². The number of nitrogens with zero attached hydrogens (tertiary/aromatic N) is 4. The average Bonchev–Trinajstić information content (AvgIpc) is 3.07. The fraction of sp³-hybridized carbons (Fsp3) is 0.182. The molecule has 3 aromatic rings. The van der Waals surface area contributed by atoms with Gasteiger partial charge in [0.2, 0.25) is 0 Å². The van der Waals surface area contributed by atoms with E-state index in [-0.39, 0.29) is 11.4 Å². The van der Waals surface area contributed by atoms with Gasteiger partial charge in [0, 0.05) is 18.5 Å². The highest BCUT2D eigenvalue weighted by Crippen LogP contribution is 2.34. The molecule has 3 amide bonds. The first kappa shape index (κ1) is 22.1. The van der Waals surface area contributed by atoms with Gasteiger partial charge in [0.1, 0.15) is 23.9 Å². The van der Waals surface area contributed by atoms with Crippen LogP contribution in [0.4, 0.5) is 35.2 Å². The van der Waals surface area contributed by atoms with Crippen LogP contribution >= 0.6 is 0 Å². The lowest BCUT2D eigenvalue weighted by atomic mass is 10.1. The van der Waals surface area contributed by atoms with Crippen LogP contribution in [0.3, 0.4) is 0 Å². The van der Waals surface area contributed by atoms with Gasteiger partial charge >= 0.3 is 12.2 Å². The van der Waals surface area contributed by atoms with E-state index < -0.39 is 30.2 Å². The van der Waals surface area contributed by atoms with Crippen LogP contribution < -0.4 is 20.3 Å². The van der Waals surface area contributed by atoms with Crippen molar-refractivity contribution in [2.45, 2.75) is 19.5 Å². The smallest absolute Gasteiger partial charge is 0.417 e. The number of imide groups is 1. The number of aromatic nitrogens is 2. The second-order valence-corrected chi connectivity index (χ2v) is 7.19. The summed E-state index contributed by atoms with van der Waals surface area (Å²) in [7, 11) is 0. The van der Waals surface area contributed by atoms with Crippen molar-refractivity contribution >= 4 is 29.1 Å². The number of rotatable bonds is 5. The Morgan fingerprint density at radius 3 is 2.58 bits per heavy atom. The van der Waals surface area contributed by atoms with Gasteiger partial charge in [-0.15, -0.1) is 0 Å². The highest BCUT2D eigenvalue weighted by molar-refractivity contribution is 6.26. The SMILES string of the molecule is CCc1cc(N2C(=O)CN(c3cncc(C(F)(F)F)c3)C2=O)ccc1Oc1ccnc(N)c1. The quantitative estimate of drug-likeness (QED) is 0.570. The third-order valence-corrected chi connectivity index (χ3v) is 4.99. The summed E-state index contributed by atoms with van der Waals surface area (Å²) >= 11 is 0. The second-order valence-electron chi connectivity index (χ2n) is 7.19. The molecule has 170 valence electrons. The summed E-state index contributed by atoms with van der Waals surface area (Å²) < 4.78 is 44.9. The molecule has 0 atom stereocenters. The van der Waals surface area contributed by atoms with Crippen molar-refractivity contribution in [1.29, 1.82) is 0 Å². The van der Waals surface area contributed by atoms with Gasteiger partial charge in [-0.25, -0.2) is 14.7 Å². The number of alkyl halides is 3. The van der Waals surface area contributed by atoms with Crippen molar-refractivity contribution in [2.24, 2.45) is 0 Å². The molecule has 0 saturated carbocycles. The summed E-state index contributed by atoms with van der Waals surface area (Å²) in [6.07, 6.45) is -0.823. The maximum Gasteiger partial charge on any atom is 0.417 e.